The van der Waals surface area contributed by atoms with E-state index in [1.54, 1.807) is 6.20 Å². The van der Waals surface area contributed by atoms with Crippen molar-refractivity contribution in [3.05, 3.63) is 40.9 Å². The number of carbonyl (C=O) groups is 1. The van der Waals surface area contributed by atoms with Crippen LogP contribution in [0.5, 0.6) is 0 Å². The summed E-state index contributed by atoms with van der Waals surface area (Å²) in [7, 11) is 3.85. The second-order valence-corrected chi connectivity index (χ2v) is 6.98. The SMILES string of the molecule is CN(C)c1ncc2c(n1)CCC[C@H]2NC(=O)c1cn2ccsc2n1. The summed E-state index contributed by atoms with van der Waals surface area (Å²) in [5.41, 5.74) is 2.48. The van der Waals surface area contributed by atoms with Crippen LogP contribution in [0.25, 0.3) is 4.96 Å². The lowest BCUT2D eigenvalue weighted by Crippen LogP contribution is -2.32. The van der Waals surface area contributed by atoms with Gasteiger partial charge in [-0.05, 0) is 19.3 Å². The molecule has 1 amide bonds. The van der Waals surface area contributed by atoms with Gasteiger partial charge in [0.2, 0.25) is 5.95 Å². The Kier molecular flexibility index (Phi) is 3.68. The van der Waals surface area contributed by atoms with Crippen LogP contribution in [0.1, 0.15) is 40.6 Å². The molecule has 1 atom stereocenters. The van der Waals surface area contributed by atoms with Gasteiger partial charge in [-0.3, -0.25) is 9.20 Å². The summed E-state index contributed by atoms with van der Waals surface area (Å²) < 4.78 is 1.86. The molecule has 8 heteroatoms. The predicted octanol–water partition coefficient (Wildman–Crippen LogP) is 2.06. The van der Waals surface area contributed by atoms with Crippen molar-refractivity contribution in [3.63, 3.8) is 0 Å². The number of imidazole rings is 1. The second-order valence-electron chi connectivity index (χ2n) is 6.10. The van der Waals surface area contributed by atoms with E-state index in [2.05, 4.69) is 20.3 Å². The predicted molar refractivity (Wildman–Crippen MR) is 92.6 cm³/mol. The van der Waals surface area contributed by atoms with Gasteiger partial charge in [0.25, 0.3) is 5.91 Å². The average Bonchev–Trinajstić information content (AvgIpc) is 3.16. The smallest absolute Gasteiger partial charge is 0.272 e. The molecule has 0 saturated heterocycles. The van der Waals surface area contributed by atoms with Crippen molar-refractivity contribution in [3.8, 4) is 0 Å². The molecule has 4 rings (SSSR count). The maximum Gasteiger partial charge on any atom is 0.272 e. The number of aryl methyl sites for hydroxylation is 1. The Bertz CT molecular complexity index is 870. The fourth-order valence-electron chi connectivity index (χ4n) is 2.97. The molecule has 7 nitrogen and oxygen atoms in total. The summed E-state index contributed by atoms with van der Waals surface area (Å²) in [5, 5.41) is 5.03. The molecule has 0 unspecified atom stereocenters. The third kappa shape index (κ3) is 2.62. The minimum absolute atomic E-state index is 0.0582. The van der Waals surface area contributed by atoms with Gasteiger partial charge in [0, 0.05) is 43.6 Å². The lowest BCUT2D eigenvalue weighted by atomic mass is 9.92. The summed E-state index contributed by atoms with van der Waals surface area (Å²) in [5.74, 6) is 0.551. The third-order valence-corrected chi connectivity index (χ3v) is 4.97. The van der Waals surface area contributed by atoms with E-state index in [9.17, 15) is 4.79 Å². The van der Waals surface area contributed by atoms with Crippen LogP contribution in [-0.2, 0) is 6.42 Å². The maximum atomic E-state index is 12.5. The van der Waals surface area contributed by atoms with Crippen LogP contribution in [0.15, 0.2) is 24.0 Å². The van der Waals surface area contributed by atoms with Gasteiger partial charge in [0.05, 0.1) is 11.7 Å². The highest BCUT2D eigenvalue weighted by Crippen LogP contribution is 2.29. The Hall–Kier alpha value is -2.48. The molecule has 3 aromatic rings. The van der Waals surface area contributed by atoms with E-state index in [0.29, 0.717) is 11.6 Å². The topological polar surface area (TPSA) is 75.4 Å². The zero-order valence-corrected chi connectivity index (χ0v) is 14.4. The lowest BCUT2D eigenvalue weighted by molar-refractivity contribution is 0.0928. The number of hydrogen-bond donors (Lipinski definition) is 1. The van der Waals surface area contributed by atoms with Crippen LogP contribution in [0.3, 0.4) is 0 Å². The molecule has 1 aliphatic carbocycles. The van der Waals surface area contributed by atoms with Gasteiger partial charge in [0.1, 0.15) is 5.69 Å². The third-order valence-electron chi connectivity index (χ3n) is 4.20. The zero-order chi connectivity index (χ0) is 16.7. The maximum absolute atomic E-state index is 12.5. The van der Waals surface area contributed by atoms with Crippen molar-refractivity contribution in [2.45, 2.75) is 25.3 Å². The minimum atomic E-state index is -0.152. The summed E-state index contributed by atoms with van der Waals surface area (Å²) in [4.78, 5) is 28.6. The van der Waals surface area contributed by atoms with Gasteiger partial charge in [-0.2, -0.15) is 0 Å². The molecule has 0 fully saturated rings. The van der Waals surface area contributed by atoms with Crippen LogP contribution in [-0.4, -0.2) is 39.4 Å². The molecule has 0 aromatic carbocycles. The molecule has 1 N–H and O–H groups in total. The van der Waals surface area contributed by atoms with E-state index < -0.39 is 0 Å². The van der Waals surface area contributed by atoms with Crippen molar-refractivity contribution < 1.29 is 4.79 Å². The molecule has 124 valence electrons. The van der Waals surface area contributed by atoms with Gasteiger partial charge in [0.15, 0.2) is 4.96 Å². The van der Waals surface area contributed by atoms with E-state index in [1.807, 2.05) is 41.2 Å². The first-order valence-corrected chi connectivity index (χ1v) is 8.76. The Balaban J connectivity index is 1.57. The molecule has 3 aromatic heterocycles. The molecule has 3 heterocycles. The Morgan fingerprint density at radius 2 is 2.29 bits per heavy atom. The summed E-state index contributed by atoms with van der Waals surface area (Å²) in [6.07, 6.45) is 8.32. The number of rotatable bonds is 3. The number of thiazole rings is 1. The number of nitrogens with one attached hydrogen (secondary N) is 1. The fraction of sp³-hybridized carbons (Fsp3) is 0.375. The first-order valence-electron chi connectivity index (χ1n) is 7.88. The average molecular weight is 342 g/mol. The van der Waals surface area contributed by atoms with Crippen LogP contribution in [0, 0.1) is 0 Å². The molecule has 0 aliphatic heterocycles. The molecule has 1 aliphatic rings. The molecule has 0 saturated carbocycles. The quantitative estimate of drug-likeness (QED) is 0.788. The normalized spacial score (nSPS) is 16.8. The van der Waals surface area contributed by atoms with Gasteiger partial charge in [-0.25, -0.2) is 15.0 Å². The van der Waals surface area contributed by atoms with Gasteiger partial charge < -0.3 is 10.2 Å². The number of fused-ring (bicyclic) bond motifs is 2. The number of aromatic nitrogens is 4. The van der Waals surface area contributed by atoms with Crippen LogP contribution in [0.2, 0.25) is 0 Å². The number of anilines is 1. The monoisotopic (exact) mass is 342 g/mol. The molecule has 24 heavy (non-hydrogen) atoms. The number of nitrogens with zero attached hydrogens (tertiary/aromatic N) is 5. The highest BCUT2D eigenvalue weighted by molar-refractivity contribution is 7.15. The number of hydrogen-bond acceptors (Lipinski definition) is 6. The highest BCUT2D eigenvalue weighted by atomic mass is 32.1. The summed E-state index contributed by atoms with van der Waals surface area (Å²) >= 11 is 1.51. The number of carbonyl (C=O) groups excluding carboxylic acids is 1. The molecule has 0 bridgehead atoms. The molecule has 0 radical (unpaired) electrons. The standard InChI is InChI=1S/C16H18N6OS/c1-21(2)15-17-8-10-11(4-3-5-12(10)19-15)18-14(23)13-9-22-6-7-24-16(22)20-13/h6-9,11H,3-5H2,1-2H3,(H,18,23)/t11-/m1/s1. The molecule has 0 spiro atoms. The van der Waals surface area contributed by atoms with E-state index in [-0.39, 0.29) is 11.9 Å². The largest absolute Gasteiger partial charge is 0.347 e. The minimum Gasteiger partial charge on any atom is -0.347 e. The van der Waals surface area contributed by atoms with Gasteiger partial charge in [-0.15, -0.1) is 11.3 Å². The van der Waals surface area contributed by atoms with Crippen LogP contribution < -0.4 is 10.2 Å². The first kappa shape index (κ1) is 15.1. The van der Waals surface area contributed by atoms with Gasteiger partial charge >= 0.3 is 0 Å². The van der Waals surface area contributed by atoms with Crippen molar-refractivity contribution >= 4 is 28.2 Å². The van der Waals surface area contributed by atoms with E-state index >= 15 is 0 Å². The fourth-order valence-corrected chi connectivity index (χ4v) is 3.67. The van der Waals surface area contributed by atoms with Crippen molar-refractivity contribution in [1.29, 1.82) is 0 Å². The molecular weight excluding hydrogens is 324 g/mol. The second kappa shape index (κ2) is 5.86. The van der Waals surface area contributed by atoms with E-state index in [1.165, 1.54) is 11.3 Å². The summed E-state index contributed by atoms with van der Waals surface area (Å²) in [6, 6.07) is -0.0582. The van der Waals surface area contributed by atoms with Crippen molar-refractivity contribution in [2.24, 2.45) is 0 Å². The first-order chi connectivity index (χ1) is 11.6. The Morgan fingerprint density at radius 3 is 3.08 bits per heavy atom. The van der Waals surface area contributed by atoms with E-state index in [4.69, 9.17) is 0 Å². The Labute approximate surface area is 143 Å². The van der Waals surface area contributed by atoms with Crippen molar-refractivity contribution in [2.75, 3.05) is 19.0 Å². The van der Waals surface area contributed by atoms with Gasteiger partial charge in [-0.1, -0.05) is 0 Å². The van der Waals surface area contributed by atoms with E-state index in [0.717, 1.165) is 35.5 Å². The van der Waals surface area contributed by atoms with Crippen molar-refractivity contribution in [1.82, 2.24) is 24.7 Å². The van der Waals surface area contributed by atoms with Crippen LogP contribution >= 0.6 is 11.3 Å². The zero-order valence-electron chi connectivity index (χ0n) is 13.6. The Morgan fingerprint density at radius 1 is 1.42 bits per heavy atom. The number of amides is 1. The lowest BCUT2D eigenvalue weighted by Gasteiger charge is -2.26. The highest BCUT2D eigenvalue weighted by Gasteiger charge is 2.25. The summed E-state index contributed by atoms with van der Waals surface area (Å²) in [6.45, 7) is 0. The van der Waals surface area contributed by atoms with Crippen LogP contribution in [0.4, 0.5) is 5.95 Å². The molecular formula is C16H18N6OS.